The number of nitriles is 1. The summed E-state index contributed by atoms with van der Waals surface area (Å²) in [4.78, 5) is 0. The van der Waals surface area contributed by atoms with E-state index < -0.39 is 11.0 Å². The number of rotatable bonds is 0. The van der Waals surface area contributed by atoms with Crippen LogP contribution in [0, 0.1) is 22.7 Å². The van der Waals surface area contributed by atoms with Crippen molar-refractivity contribution < 1.29 is 9.13 Å². The van der Waals surface area contributed by atoms with E-state index in [2.05, 4.69) is 6.07 Å². The van der Waals surface area contributed by atoms with Crippen LogP contribution in [0.4, 0.5) is 4.39 Å². The largest absolute Gasteiger partial charge is 0.368 e. The summed E-state index contributed by atoms with van der Waals surface area (Å²) >= 11 is 0. The Morgan fingerprint density at radius 1 is 1.57 bits per heavy atom. The summed E-state index contributed by atoms with van der Waals surface area (Å²) in [7, 11) is 0. The minimum atomic E-state index is -1.10. The number of halogens is 1. The van der Waals surface area contributed by atoms with Crippen molar-refractivity contribution >= 4 is 0 Å². The van der Waals surface area contributed by atoms with Crippen molar-refractivity contribution in [2.75, 3.05) is 6.61 Å². The molecule has 0 aromatic rings. The topological polar surface area (TPSA) is 33.0 Å². The zero-order valence-electron chi connectivity index (χ0n) is 7.66. The molecule has 3 rings (SSSR count). The molecule has 1 heterocycles. The SMILES string of the molecule is N#CC12C=CC13OCCC3CC=C2F. The molecule has 1 spiro atoms. The third kappa shape index (κ3) is 0.603. The van der Waals surface area contributed by atoms with Crippen LogP contribution in [0.25, 0.3) is 0 Å². The van der Waals surface area contributed by atoms with Gasteiger partial charge in [0.1, 0.15) is 11.4 Å². The Hall–Kier alpha value is -1.14. The minimum absolute atomic E-state index is 0.284. The lowest BCUT2D eigenvalue weighted by molar-refractivity contribution is -0.0594. The van der Waals surface area contributed by atoms with Crippen molar-refractivity contribution in [3.05, 3.63) is 24.1 Å². The van der Waals surface area contributed by atoms with E-state index in [4.69, 9.17) is 10.00 Å². The highest BCUT2D eigenvalue weighted by atomic mass is 19.1. The lowest BCUT2D eigenvalue weighted by Gasteiger charge is -2.50. The van der Waals surface area contributed by atoms with E-state index in [9.17, 15) is 4.39 Å². The first-order valence-corrected chi connectivity index (χ1v) is 4.87. The second-order valence-electron chi connectivity index (χ2n) is 4.17. The van der Waals surface area contributed by atoms with Crippen LogP contribution in [0.1, 0.15) is 12.8 Å². The van der Waals surface area contributed by atoms with Crippen LogP contribution in [0.15, 0.2) is 24.1 Å². The second kappa shape index (κ2) is 2.26. The minimum Gasteiger partial charge on any atom is -0.368 e. The molecule has 0 bridgehead atoms. The van der Waals surface area contributed by atoms with Gasteiger partial charge in [0.05, 0.1) is 6.07 Å². The van der Waals surface area contributed by atoms with E-state index in [-0.39, 0.29) is 11.7 Å². The van der Waals surface area contributed by atoms with Gasteiger partial charge in [-0.2, -0.15) is 5.26 Å². The van der Waals surface area contributed by atoms with Gasteiger partial charge in [-0.25, -0.2) is 4.39 Å². The summed E-state index contributed by atoms with van der Waals surface area (Å²) in [5.41, 5.74) is -1.74. The molecule has 14 heavy (non-hydrogen) atoms. The van der Waals surface area contributed by atoms with Crippen LogP contribution in [0.3, 0.4) is 0 Å². The van der Waals surface area contributed by atoms with Gasteiger partial charge < -0.3 is 4.74 Å². The van der Waals surface area contributed by atoms with E-state index in [0.29, 0.717) is 13.0 Å². The smallest absolute Gasteiger partial charge is 0.159 e. The van der Waals surface area contributed by atoms with Crippen LogP contribution >= 0.6 is 0 Å². The molecule has 1 saturated heterocycles. The Kier molecular flexibility index (Phi) is 1.32. The Balaban J connectivity index is 2.19. The monoisotopic (exact) mass is 191 g/mol. The van der Waals surface area contributed by atoms with Gasteiger partial charge in [-0.05, 0) is 18.8 Å². The molecule has 0 saturated carbocycles. The maximum absolute atomic E-state index is 13.7. The van der Waals surface area contributed by atoms with E-state index >= 15 is 0 Å². The lowest BCUT2D eigenvalue weighted by atomic mass is 9.55. The average molecular weight is 191 g/mol. The second-order valence-corrected chi connectivity index (χ2v) is 4.17. The third-order valence-corrected chi connectivity index (χ3v) is 3.75. The Morgan fingerprint density at radius 2 is 2.43 bits per heavy atom. The molecule has 0 radical (unpaired) electrons. The van der Waals surface area contributed by atoms with E-state index in [1.807, 2.05) is 6.08 Å². The molecule has 1 aliphatic heterocycles. The predicted molar refractivity (Wildman–Crippen MR) is 47.8 cm³/mol. The van der Waals surface area contributed by atoms with Crippen molar-refractivity contribution in [2.24, 2.45) is 11.3 Å². The summed E-state index contributed by atoms with van der Waals surface area (Å²) in [6.07, 6.45) is 6.66. The molecule has 2 nitrogen and oxygen atoms in total. The fourth-order valence-electron chi connectivity index (χ4n) is 2.88. The first kappa shape index (κ1) is 8.19. The van der Waals surface area contributed by atoms with Crippen LogP contribution in [0.5, 0.6) is 0 Å². The van der Waals surface area contributed by atoms with Crippen LogP contribution in [-0.4, -0.2) is 12.2 Å². The summed E-state index contributed by atoms with van der Waals surface area (Å²) in [6.45, 7) is 0.638. The maximum Gasteiger partial charge on any atom is 0.159 e. The van der Waals surface area contributed by atoms with Crippen molar-refractivity contribution in [1.82, 2.24) is 0 Å². The third-order valence-electron chi connectivity index (χ3n) is 3.75. The first-order chi connectivity index (χ1) is 6.75. The fraction of sp³-hybridized carbons (Fsp3) is 0.545. The van der Waals surface area contributed by atoms with Gasteiger partial charge in [0.15, 0.2) is 5.41 Å². The van der Waals surface area contributed by atoms with Crippen molar-refractivity contribution in [2.45, 2.75) is 18.4 Å². The molecular weight excluding hydrogens is 181 g/mol. The molecule has 3 aliphatic rings. The van der Waals surface area contributed by atoms with Gasteiger partial charge in [0.25, 0.3) is 0 Å². The fourth-order valence-corrected chi connectivity index (χ4v) is 2.88. The summed E-state index contributed by atoms with van der Waals surface area (Å²) in [5, 5.41) is 9.12. The quantitative estimate of drug-likeness (QED) is 0.549. The van der Waals surface area contributed by atoms with Gasteiger partial charge >= 0.3 is 0 Å². The highest BCUT2D eigenvalue weighted by Crippen LogP contribution is 2.61. The normalized spacial score (nSPS) is 48.6. The van der Waals surface area contributed by atoms with Crippen molar-refractivity contribution in [3.8, 4) is 6.07 Å². The molecule has 3 heteroatoms. The molecule has 2 aliphatic carbocycles. The van der Waals surface area contributed by atoms with Gasteiger partial charge in [0.2, 0.25) is 0 Å². The number of ether oxygens (including phenoxy) is 1. The molecule has 1 fully saturated rings. The Morgan fingerprint density at radius 3 is 3.07 bits per heavy atom. The van der Waals surface area contributed by atoms with Gasteiger partial charge in [0, 0.05) is 6.61 Å². The Bertz CT molecular complexity index is 395. The molecule has 0 aromatic carbocycles. The van der Waals surface area contributed by atoms with Gasteiger partial charge in [-0.15, -0.1) is 0 Å². The molecule has 0 N–H and O–H groups in total. The molecule has 3 unspecified atom stereocenters. The van der Waals surface area contributed by atoms with Gasteiger partial charge in [-0.3, -0.25) is 0 Å². The zero-order chi connectivity index (χ0) is 9.81. The first-order valence-electron chi connectivity index (χ1n) is 4.87. The standard InChI is InChI=1S/C11H10FNO/c12-9-2-1-8-3-6-14-11(8)5-4-10(9,11)7-13/h2,4-5,8H,1,3,6H2. The van der Waals surface area contributed by atoms with Crippen LogP contribution < -0.4 is 0 Å². The predicted octanol–water partition coefficient (Wildman–Crippen LogP) is 2.10. The zero-order valence-corrected chi connectivity index (χ0v) is 7.66. The number of allylic oxidation sites excluding steroid dienone is 1. The summed E-state index contributed by atoms with van der Waals surface area (Å²) in [5.74, 6) is -0.0488. The average Bonchev–Trinajstić information content (AvgIpc) is 2.59. The highest BCUT2D eigenvalue weighted by Gasteiger charge is 2.66. The lowest BCUT2D eigenvalue weighted by Crippen LogP contribution is -2.57. The van der Waals surface area contributed by atoms with E-state index in [1.165, 1.54) is 0 Å². The van der Waals surface area contributed by atoms with E-state index in [0.717, 1.165) is 6.42 Å². The molecular formula is C11H10FNO. The Labute approximate surface area is 81.7 Å². The maximum atomic E-state index is 13.7. The number of hydrogen-bond acceptors (Lipinski definition) is 2. The molecule has 3 atom stereocenters. The van der Waals surface area contributed by atoms with Crippen molar-refractivity contribution in [3.63, 3.8) is 0 Å². The molecule has 0 amide bonds. The molecule has 0 aromatic heterocycles. The van der Waals surface area contributed by atoms with Crippen molar-refractivity contribution in [1.29, 1.82) is 5.26 Å². The van der Waals surface area contributed by atoms with Crippen LogP contribution in [0.2, 0.25) is 0 Å². The highest BCUT2D eigenvalue weighted by molar-refractivity contribution is 5.49. The molecule has 72 valence electrons. The summed E-state index contributed by atoms with van der Waals surface area (Å²) < 4.78 is 19.3. The number of nitrogens with zero attached hydrogens (tertiary/aromatic N) is 1. The van der Waals surface area contributed by atoms with Crippen LogP contribution in [-0.2, 0) is 4.74 Å². The van der Waals surface area contributed by atoms with E-state index in [1.54, 1.807) is 12.2 Å². The van der Waals surface area contributed by atoms with Gasteiger partial charge in [-0.1, -0.05) is 18.2 Å². The summed E-state index contributed by atoms with van der Waals surface area (Å²) in [6, 6.07) is 2.07. The number of hydrogen-bond donors (Lipinski definition) is 0.